The zero-order valence-corrected chi connectivity index (χ0v) is 23.6. The Morgan fingerprint density at radius 3 is 2.61 bits per heavy atom. The summed E-state index contributed by atoms with van der Waals surface area (Å²) in [4.78, 5) is 24.2. The fourth-order valence-electron chi connectivity index (χ4n) is 4.48. The van der Waals surface area contributed by atoms with E-state index in [1.165, 1.54) is 18.2 Å². The summed E-state index contributed by atoms with van der Waals surface area (Å²) < 4.78 is 34.0. The SMILES string of the molecule is CC(C)Oc1ccc(Cl)c(-c2cnc(N3CCC(C)C3(C)C)c(C(=O)NS(=O)(=O)c3cccc(N)n3)c2)c1. The number of aromatic nitrogens is 2. The molecular formula is C27H32ClN5O4S. The normalized spacial score (nSPS) is 17.0. The summed E-state index contributed by atoms with van der Waals surface area (Å²) in [5.41, 5.74) is 6.60. The van der Waals surface area contributed by atoms with Crippen LogP contribution in [0.2, 0.25) is 5.02 Å². The van der Waals surface area contributed by atoms with Crippen LogP contribution >= 0.6 is 11.6 Å². The van der Waals surface area contributed by atoms with Gasteiger partial charge < -0.3 is 15.4 Å². The lowest BCUT2D eigenvalue weighted by Crippen LogP contribution is -2.43. The largest absolute Gasteiger partial charge is 0.491 e. The first kappa shape index (κ1) is 27.7. The molecule has 0 spiro atoms. The minimum atomic E-state index is -4.30. The molecule has 38 heavy (non-hydrogen) atoms. The summed E-state index contributed by atoms with van der Waals surface area (Å²) in [6.07, 6.45) is 2.50. The van der Waals surface area contributed by atoms with Gasteiger partial charge in [-0.1, -0.05) is 24.6 Å². The summed E-state index contributed by atoms with van der Waals surface area (Å²) in [6.45, 7) is 10.8. The molecule has 0 aliphatic carbocycles. The first-order valence-corrected chi connectivity index (χ1v) is 14.2. The topological polar surface area (TPSA) is 128 Å². The van der Waals surface area contributed by atoms with Crippen LogP contribution < -0.4 is 20.1 Å². The molecule has 3 heterocycles. The molecule has 2 aromatic heterocycles. The highest BCUT2D eigenvalue weighted by Crippen LogP contribution is 2.40. The number of amides is 1. The number of benzene rings is 1. The van der Waals surface area contributed by atoms with Crippen LogP contribution in [0, 0.1) is 5.92 Å². The van der Waals surface area contributed by atoms with E-state index < -0.39 is 15.9 Å². The molecule has 3 N–H and O–H groups in total. The summed E-state index contributed by atoms with van der Waals surface area (Å²) in [7, 11) is -4.30. The summed E-state index contributed by atoms with van der Waals surface area (Å²) in [5, 5.41) is 0.0851. The number of nitrogens with one attached hydrogen (secondary N) is 1. The first-order chi connectivity index (χ1) is 17.8. The maximum Gasteiger partial charge on any atom is 0.281 e. The van der Waals surface area contributed by atoms with Crippen LogP contribution in [0.5, 0.6) is 5.75 Å². The number of carbonyl (C=O) groups excluding carboxylic acids is 1. The second-order valence-corrected chi connectivity index (χ2v) is 12.3. The average molecular weight is 558 g/mol. The summed E-state index contributed by atoms with van der Waals surface area (Å²) >= 11 is 6.52. The minimum absolute atomic E-state index is 0.0237. The van der Waals surface area contributed by atoms with Gasteiger partial charge >= 0.3 is 0 Å². The van der Waals surface area contributed by atoms with E-state index in [0.717, 1.165) is 6.42 Å². The van der Waals surface area contributed by atoms with E-state index in [1.54, 1.807) is 30.5 Å². The van der Waals surface area contributed by atoms with Gasteiger partial charge in [-0.3, -0.25) is 4.79 Å². The van der Waals surface area contributed by atoms with E-state index in [0.29, 0.717) is 40.2 Å². The maximum absolute atomic E-state index is 13.6. The second-order valence-electron chi connectivity index (χ2n) is 10.2. The van der Waals surface area contributed by atoms with Crippen molar-refractivity contribution >= 4 is 39.2 Å². The van der Waals surface area contributed by atoms with Gasteiger partial charge in [0.1, 0.15) is 17.4 Å². The van der Waals surface area contributed by atoms with Gasteiger partial charge in [0.05, 0.1) is 11.7 Å². The molecule has 1 amide bonds. The number of nitrogens with two attached hydrogens (primary N) is 1. The fourth-order valence-corrected chi connectivity index (χ4v) is 5.65. The Hall–Kier alpha value is -3.37. The van der Waals surface area contributed by atoms with E-state index in [1.807, 2.05) is 18.7 Å². The minimum Gasteiger partial charge on any atom is -0.491 e. The Balaban J connectivity index is 1.81. The molecule has 1 aliphatic heterocycles. The van der Waals surface area contributed by atoms with E-state index in [-0.39, 0.29) is 28.1 Å². The van der Waals surface area contributed by atoms with Crippen molar-refractivity contribution in [3.8, 4) is 16.9 Å². The van der Waals surface area contributed by atoms with Crippen molar-refractivity contribution in [1.29, 1.82) is 0 Å². The predicted molar refractivity (Wildman–Crippen MR) is 149 cm³/mol. The number of sulfonamides is 1. The van der Waals surface area contributed by atoms with Crippen LogP contribution in [-0.4, -0.2) is 42.5 Å². The third-order valence-corrected chi connectivity index (χ3v) is 8.48. The Bertz CT molecular complexity index is 1480. The van der Waals surface area contributed by atoms with Gasteiger partial charge in [-0.15, -0.1) is 0 Å². The third kappa shape index (κ3) is 5.56. The van der Waals surface area contributed by atoms with Crippen molar-refractivity contribution in [2.45, 2.75) is 57.7 Å². The molecule has 1 aliphatic rings. The number of hydrogen-bond donors (Lipinski definition) is 2. The number of rotatable bonds is 7. The van der Waals surface area contributed by atoms with Crippen LogP contribution in [0.1, 0.15) is 51.4 Å². The molecule has 1 atom stereocenters. The van der Waals surface area contributed by atoms with Crippen molar-refractivity contribution in [3.05, 3.63) is 59.2 Å². The Morgan fingerprint density at radius 1 is 1.24 bits per heavy atom. The van der Waals surface area contributed by atoms with Gasteiger partial charge in [-0.2, -0.15) is 8.42 Å². The number of carbonyl (C=O) groups is 1. The van der Waals surface area contributed by atoms with Gasteiger partial charge in [0.2, 0.25) is 0 Å². The van der Waals surface area contributed by atoms with Crippen LogP contribution in [0.3, 0.4) is 0 Å². The second kappa shape index (κ2) is 10.4. The van der Waals surface area contributed by atoms with E-state index in [2.05, 4.69) is 35.5 Å². The number of anilines is 2. The van der Waals surface area contributed by atoms with Crippen molar-refractivity contribution in [3.63, 3.8) is 0 Å². The Kier molecular flexibility index (Phi) is 7.58. The molecule has 9 nitrogen and oxygen atoms in total. The molecule has 11 heteroatoms. The Morgan fingerprint density at radius 2 is 1.97 bits per heavy atom. The van der Waals surface area contributed by atoms with Gasteiger partial charge in [0.25, 0.3) is 15.9 Å². The van der Waals surface area contributed by atoms with Crippen LogP contribution in [0.25, 0.3) is 11.1 Å². The van der Waals surface area contributed by atoms with Crippen LogP contribution in [0.15, 0.2) is 53.7 Å². The molecule has 1 aromatic carbocycles. The standard InChI is InChI=1S/C27H32ClN5O4S/c1-16(2)37-19-9-10-22(28)20(14-19)18-13-21(25(30-15-18)33-12-11-17(3)27(33,4)5)26(34)32-38(35,36)24-8-6-7-23(29)31-24/h6-10,13-17H,11-12H2,1-5H3,(H2,29,31)(H,32,34). The highest BCUT2D eigenvalue weighted by atomic mass is 35.5. The van der Waals surface area contributed by atoms with Crippen molar-refractivity contribution in [1.82, 2.24) is 14.7 Å². The number of nitrogen functional groups attached to an aromatic ring is 1. The van der Waals surface area contributed by atoms with Gasteiger partial charge in [0.15, 0.2) is 5.03 Å². The van der Waals surface area contributed by atoms with Gasteiger partial charge in [-0.05, 0) is 76.4 Å². The summed E-state index contributed by atoms with van der Waals surface area (Å²) in [5.74, 6) is 0.524. The molecule has 0 radical (unpaired) electrons. The Labute approximate surface area is 228 Å². The highest BCUT2D eigenvalue weighted by Gasteiger charge is 2.41. The lowest BCUT2D eigenvalue weighted by atomic mass is 9.90. The fraction of sp³-hybridized carbons (Fsp3) is 0.370. The van der Waals surface area contributed by atoms with E-state index >= 15 is 0 Å². The smallest absolute Gasteiger partial charge is 0.281 e. The van der Waals surface area contributed by atoms with Crippen molar-refractivity contribution in [2.75, 3.05) is 17.2 Å². The number of hydrogen-bond acceptors (Lipinski definition) is 8. The quantitative estimate of drug-likeness (QED) is 0.419. The van der Waals surface area contributed by atoms with Crippen LogP contribution in [-0.2, 0) is 10.0 Å². The van der Waals surface area contributed by atoms with Crippen molar-refractivity contribution < 1.29 is 17.9 Å². The van der Waals surface area contributed by atoms with E-state index in [4.69, 9.17) is 22.1 Å². The average Bonchev–Trinajstić information content (AvgIpc) is 3.11. The number of pyridine rings is 2. The van der Waals surface area contributed by atoms with Crippen LogP contribution in [0.4, 0.5) is 11.6 Å². The first-order valence-electron chi connectivity index (χ1n) is 12.3. The van der Waals surface area contributed by atoms with E-state index in [9.17, 15) is 13.2 Å². The zero-order valence-electron chi connectivity index (χ0n) is 22.0. The molecule has 1 saturated heterocycles. The monoisotopic (exact) mass is 557 g/mol. The predicted octanol–water partition coefficient (Wildman–Crippen LogP) is 4.91. The molecule has 0 bridgehead atoms. The molecule has 4 rings (SSSR count). The molecule has 1 unspecified atom stereocenters. The number of ether oxygens (including phenoxy) is 1. The lowest BCUT2D eigenvalue weighted by Gasteiger charge is -2.36. The van der Waals surface area contributed by atoms with Crippen molar-refractivity contribution in [2.24, 2.45) is 5.92 Å². The zero-order chi connectivity index (χ0) is 27.8. The maximum atomic E-state index is 13.6. The highest BCUT2D eigenvalue weighted by molar-refractivity contribution is 7.90. The van der Waals surface area contributed by atoms with Gasteiger partial charge in [-0.25, -0.2) is 14.7 Å². The number of nitrogens with zero attached hydrogens (tertiary/aromatic N) is 3. The summed E-state index contributed by atoms with van der Waals surface area (Å²) in [6, 6.07) is 11.0. The number of halogens is 1. The third-order valence-electron chi connectivity index (χ3n) is 6.92. The lowest BCUT2D eigenvalue weighted by molar-refractivity contribution is 0.0981. The molecule has 3 aromatic rings. The molecular weight excluding hydrogens is 526 g/mol. The molecule has 202 valence electrons. The molecule has 1 fully saturated rings. The molecule has 0 saturated carbocycles. The van der Waals surface area contributed by atoms with Gasteiger partial charge in [0, 0.05) is 34.4 Å².